The van der Waals surface area contributed by atoms with Crippen LogP contribution >= 0.6 is 11.3 Å². The molecule has 2 aromatic heterocycles. The molecule has 2 aliphatic rings. The zero-order chi connectivity index (χ0) is 20.7. The van der Waals surface area contributed by atoms with E-state index in [2.05, 4.69) is 15.5 Å². The minimum atomic E-state index is -0.379. The molecule has 3 heterocycles. The van der Waals surface area contributed by atoms with Gasteiger partial charge in [-0.1, -0.05) is 29.8 Å². The van der Waals surface area contributed by atoms with E-state index in [9.17, 15) is 9.59 Å². The highest BCUT2D eigenvalue weighted by molar-refractivity contribution is 7.16. The summed E-state index contributed by atoms with van der Waals surface area (Å²) in [4.78, 5) is 33.3. The molecule has 8 heteroatoms. The number of hydrogen-bond donors (Lipinski definition) is 1. The monoisotopic (exact) mass is 422 g/mol. The maximum atomic E-state index is 12.8. The lowest BCUT2D eigenvalue weighted by Gasteiger charge is -2.20. The van der Waals surface area contributed by atoms with E-state index in [-0.39, 0.29) is 24.2 Å². The molecule has 7 nitrogen and oxygen atoms in total. The predicted octanol–water partition coefficient (Wildman–Crippen LogP) is 4.37. The molecule has 30 heavy (non-hydrogen) atoms. The van der Waals surface area contributed by atoms with Gasteiger partial charge in [-0.25, -0.2) is 0 Å². The lowest BCUT2D eigenvalue weighted by atomic mass is 9.85. The van der Waals surface area contributed by atoms with Crippen molar-refractivity contribution in [3.8, 4) is 10.7 Å². The molecule has 5 rings (SSSR count). The third-order valence-corrected chi connectivity index (χ3v) is 6.90. The highest BCUT2D eigenvalue weighted by atomic mass is 32.1. The number of carbonyl (C=O) groups excluding carboxylic acids is 2. The quantitative estimate of drug-likeness (QED) is 0.660. The summed E-state index contributed by atoms with van der Waals surface area (Å²) < 4.78 is 5.42. The molecule has 1 atom stereocenters. The van der Waals surface area contributed by atoms with Gasteiger partial charge < -0.3 is 14.7 Å². The Hall–Kier alpha value is -3.00. The molecule has 0 spiro atoms. The van der Waals surface area contributed by atoms with Crippen molar-refractivity contribution in [2.75, 3.05) is 16.8 Å². The van der Waals surface area contributed by atoms with Gasteiger partial charge in [0.15, 0.2) is 0 Å². The Morgan fingerprint density at radius 1 is 1.27 bits per heavy atom. The lowest BCUT2D eigenvalue weighted by Crippen LogP contribution is -2.28. The van der Waals surface area contributed by atoms with Crippen LogP contribution in [0.15, 0.2) is 40.9 Å². The molecule has 1 aliphatic heterocycles. The zero-order valence-electron chi connectivity index (χ0n) is 16.6. The minimum Gasteiger partial charge on any atom is -0.339 e. The van der Waals surface area contributed by atoms with Crippen molar-refractivity contribution in [1.29, 1.82) is 0 Å². The molecule has 2 amide bonds. The van der Waals surface area contributed by atoms with Crippen molar-refractivity contribution in [3.05, 3.63) is 47.2 Å². The highest BCUT2D eigenvalue weighted by Crippen LogP contribution is 2.38. The minimum absolute atomic E-state index is 0.0283. The normalized spacial score (nSPS) is 19.2. The molecule has 1 saturated heterocycles. The van der Waals surface area contributed by atoms with Crippen LogP contribution in [0, 0.1) is 12.8 Å². The molecule has 1 aromatic carbocycles. The predicted molar refractivity (Wildman–Crippen MR) is 114 cm³/mol. The molecule has 3 aromatic rings. The molecule has 0 radical (unpaired) electrons. The highest BCUT2D eigenvalue weighted by Gasteiger charge is 2.35. The maximum absolute atomic E-state index is 12.8. The number of carbonyl (C=O) groups is 2. The first-order chi connectivity index (χ1) is 14.6. The Morgan fingerprint density at radius 2 is 2.07 bits per heavy atom. The first-order valence-electron chi connectivity index (χ1n) is 10.2. The van der Waals surface area contributed by atoms with Crippen LogP contribution in [0.5, 0.6) is 0 Å². The molecular weight excluding hydrogens is 400 g/mol. The maximum Gasteiger partial charge on any atom is 0.230 e. The Morgan fingerprint density at radius 3 is 2.80 bits per heavy atom. The van der Waals surface area contributed by atoms with E-state index in [4.69, 9.17) is 4.52 Å². The van der Waals surface area contributed by atoms with E-state index in [1.807, 2.05) is 43.3 Å². The largest absolute Gasteiger partial charge is 0.339 e. The van der Waals surface area contributed by atoms with Gasteiger partial charge in [-0.2, -0.15) is 4.98 Å². The van der Waals surface area contributed by atoms with Gasteiger partial charge >= 0.3 is 0 Å². The van der Waals surface area contributed by atoms with Gasteiger partial charge in [0.05, 0.1) is 16.5 Å². The fourth-order valence-corrected chi connectivity index (χ4v) is 4.75. The topological polar surface area (TPSA) is 88.3 Å². The van der Waals surface area contributed by atoms with Crippen molar-refractivity contribution >= 4 is 34.5 Å². The average Bonchev–Trinajstić information content (AvgIpc) is 3.41. The summed E-state index contributed by atoms with van der Waals surface area (Å²) in [5, 5.41) is 7.11. The smallest absolute Gasteiger partial charge is 0.230 e. The number of thiophene rings is 1. The second-order valence-electron chi connectivity index (χ2n) is 7.89. The standard InChI is InChI=1S/C22H22N4O3S/c1-13-17(11-18(30-13)20-24-22(29-25-20)14-6-5-7-14)23-21(28)15-10-19(27)26(12-15)16-8-3-2-4-9-16/h2-4,8-9,11,14-15H,5-7,10,12H2,1H3,(H,23,28). The van der Waals surface area contributed by atoms with Gasteiger partial charge in [-0.15, -0.1) is 11.3 Å². The van der Waals surface area contributed by atoms with E-state index < -0.39 is 0 Å². The fraction of sp³-hybridized carbons (Fsp3) is 0.364. The molecule has 1 saturated carbocycles. The molecule has 1 unspecified atom stereocenters. The first kappa shape index (κ1) is 19.0. The van der Waals surface area contributed by atoms with Gasteiger partial charge in [0, 0.05) is 29.4 Å². The zero-order valence-corrected chi connectivity index (χ0v) is 17.4. The van der Waals surface area contributed by atoms with Gasteiger partial charge in [-0.05, 0) is 38.0 Å². The number of benzene rings is 1. The van der Waals surface area contributed by atoms with Crippen LogP contribution in [-0.2, 0) is 9.59 Å². The van der Waals surface area contributed by atoms with E-state index in [1.54, 1.807) is 4.90 Å². The van der Waals surface area contributed by atoms with Crippen molar-refractivity contribution in [2.24, 2.45) is 5.92 Å². The molecule has 0 bridgehead atoms. The third kappa shape index (κ3) is 3.52. The van der Waals surface area contributed by atoms with Crippen molar-refractivity contribution in [3.63, 3.8) is 0 Å². The third-order valence-electron chi connectivity index (χ3n) is 5.86. The lowest BCUT2D eigenvalue weighted by molar-refractivity contribution is -0.122. The Bertz CT molecular complexity index is 1090. The second-order valence-corrected chi connectivity index (χ2v) is 9.15. The van der Waals surface area contributed by atoms with Crippen LogP contribution in [0.4, 0.5) is 11.4 Å². The Kier molecular flexibility index (Phi) is 4.86. The van der Waals surface area contributed by atoms with Crippen LogP contribution < -0.4 is 10.2 Å². The van der Waals surface area contributed by atoms with Crippen LogP contribution in [-0.4, -0.2) is 28.5 Å². The van der Waals surface area contributed by atoms with Crippen molar-refractivity contribution in [2.45, 2.75) is 38.5 Å². The second kappa shape index (κ2) is 7.68. The van der Waals surface area contributed by atoms with Crippen LogP contribution in [0.25, 0.3) is 10.7 Å². The first-order valence-corrected chi connectivity index (χ1v) is 11.0. The number of nitrogens with zero attached hydrogens (tertiary/aromatic N) is 3. The van der Waals surface area contributed by atoms with Crippen molar-refractivity contribution < 1.29 is 14.1 Å². The molecule has 1 N–H and O–H groups in total. The number of nitrogens with one attached hydrogen (secondary N) is 1. The van der Waals surface area contributed by atoms with Crippen LogP contribution in [0.2, 0.25) is 0 Å². The van der Waals surface area contributed by atoms with Crippen molar-refractivity contribution in [1.82, 2.24) is 10.1 Å². The summed E-state index contributed by atoms with van der Waals surface area (Å²) in [6, 6.07) is 11.3. The van der Waals surface area contributed by atoms with E-state index in [0.29, 0.717) is 24.2 Å². The van der Waals surface area contributed by atoms with Gasteiger partial charge in [0.1, 0.15) is 0 Å². The number of rotatable bonds is 5. The SMILES string of the molecule is Cc1sc(-c2noc(C3CCC3)n2)cc1NC(=O)C1CC(=O)N(c2ccccc2)C1. The summed E-state index contributed by atoms with van der Waals surface area (Å²) in [5.74, 6) is 1.11. The summed E-state index contributed by atoms with van der Waals surface area (Å²) in [6.45, 7) is 2.34. The number of aryl methyl sites for hydroxylation is 1. The number of para-hydroxylation sites is 1. The summed E-state index contributed by atoms with van der Waals surface area (Å²) in [5.41, 5.74) is 1.56. The van der Waals surface area contributed by atoms with E-state index in [0.717, 1.165) is 34.0 Å². The summed E-state index contributed by atoms with van der Waals surface area (Å²) >= 11 is 1.52. The summed E-state index contributed by atoms with van der Waals surface area (Å²) in [7, 11) is 0. The van der Waals surface area contributed by atoms with Gasteiger partial charge in [-0.3, -0.25) is 9.59 Å². The summed E-state index contributed by atoms with van der Waals surface area (Å²) in [6.07, 6.45) is 3.63. The molecular formula is C22H22N4O3S. The number of amides is 2. The fourth-order valence-electron chi connectivity index (χ4n) is 3.85. The van der Waals surface area contributed by atoms with E-state index >= 15 is 0 Å². The average molecular weight is 423 g/mol. The number of anilines is 2. The van der Waals surface area contributed by atoms with Gasteiger partial charge in [0.25, 0.3) is 0 Å². The number of aromatic nitrogens is 2. The van der Waals surface area contributed by atoms with E-state index in [1.165, 1.54) is 17.8 Å². The molecule has 2 fully saturated rings. The van der Waals surface area contributed by atoms with Gasteiger partial charge in [0.2, 0.25) is 23.5 Å². The Balaban J connectivity index is 1.27. The molecule has 1 aliphatic carbocycles. The molecule has 154 valence electrons. The van der Waals surface area contributed by atoms with Crippen LogP contribution in [0.3, 0.4) is 0 Å². The number of hydrogen-bond acceptors (Lipinski definition) is 6. The Labute approximate surface area is 178 Å². The van der Waals surface area contributed by atoms with Crippen LogP contribution in [0.1, 0.15) is 42.4 Å².